The van der Waals surface area contributed by atoms with Crippen molar-refractivity contribution in [1.82, 2.24) is 0 Å². The number of aliphatic hydroxyl groups is 3. The number of aliphatic hydroxyl groups excluding tert-OH is 3. The van der Waals surface area contributed by atoms with Gasteiger partial charge in [-0.25, -0.2) is 0 Å². The van der Waals surface area contributed by atoms with E-state index in [1.807, 2.05) is 0 Å². The van der Waals surface area contributed by atoms with Gasteiger partial charge in [0.1, 0.15) is 11.9 Å². The molecule has 0 radical (unpaired) electrons. The number of hydrogen-bond acceptors (Lipinski definition) is 5. The van der Waals surface area contributed by atoms with Crippen LogP contribution in [0.4, 0.5) is 5.69 Å². The van der Waals surface area contributed by atoms with Crippen LogP contribution in [0.3, 0.4) is 0 Å². The lowest BCUT2D eigenvalue weighted by Gasteiger charge is -2.17. The van der Waals surface area contributed by atoms with E-state index in [1.165, 1.54) is 18.2 Å². The van der Waals surface area contributed by atoms with Gasteiger partial charge in [-0.15, -0.1) is 0 Å². The van der Waals surface area contributed by atoms with Gasteiger partial charge in [0.2, 0.25) is 0 Å². The maximum Gasteiger partial charge on any atom is 0.138 e. The Balaban J connectivity index is 2.81. The van der Waals surface area contributed by atoms with Gasteiger partial charge in [0.05, 0.1) is 11.8 Å². The number of hydrogen-bond donors (Lipinski definition) is 5. The van der Waals surface area contributed by atoms with E-state index in [0.29, 0.717) is 5.56 Å². The van der Waals surface area contributed by atoms with Crippen LogP contribution in [0.25, 0.3) is 0 Å². The molecule has 1 aromatic carbocycles. The molecule has 5 nitrogen and oxygen atoms in total. The fraction of sp³-hybridized carbons (Fsp3) is 0.400. The van der Waals surface area contributed by atoms with Crippen LogP contribution in [-0.2, 0) is 0 Å². The summed E-state index contributed by atoms with van der Waals surface area (Å²) in [5, 5.41) is 36.9. The van der Waals surface area contributed by atoms with Crippen LogP contribution in [0, 0.1) is 0 Å². The molecule has 0 aliphatic rings. The Bertz CT molecular complexity index is 329. The Hall–Kier alpha value is -1.30. The van der Waals surface area contributed by atoms with Gasteiger partial charge in [0.15, 0.2) is 0 Å². The topological polar surface area (TPSA) is 107 Å². The first kappa shape index (κ1) is 11.8. The van der Waals surface area contributed by atoms with Gasteiger partial charge in [0, 0.05) is 6.61 Å². The van der Waals surface area contributed by atoms with Crippen molar-refractivity contribution >= 4 is 5.69 Å². The second kappa shape index (κ2) is 4.97. The van der Waals surface area contributed by atoms with Crippen LogP contribution < -0.4 is 5.73 Å². The molecule has 2 atom stereocenters. The lowest BCUT2D eigenvalue weighted by molar-refractivity contribution is 0.00414. The number of rotatable bonds is 4. The minimum absolute atomic E-state index is 0.0757. The zero-order valence-electron chi connectivity index (χ0n) is 8.17. The molecule has 1 rings (SSSR count). The van der Waals surface area contributed by atoms with Crippen molar-refractivity contribution in [1.29, 1.82) is 0 Å². The molecule has 0 amide bonds. The van der Waals surface area contributed by atoms with Crippen molar-refractivity contribution in [2.45, 2.75) is 18.6 Å². The lowest BCUT2D eigenvalue weighted by atomic mass is 10.0. The molecule has 0 bridgehead atoms. The number of nitrogens with two attached hydrogens (primary N) is 1. The number of phenolic OH excluding ortho intramolecular Hbond substituents is 1. The first-order valence-corrected chi connectivity index (χ1v) is 4.61. The molecule has 0 fully saturated rings. The van der Waals surface area contributed by atoms with E-state index < -0.39 is 12.2 Å². The van der Waals surface area contributed by atoms with Gasteiger partial charge in [-0.05, 0) is 24.1 Å². The summed E-state index contributed by atoms with van der Waals surface area (Å²) >= 11 is 0. The third kappa shape index (κ3) is 2.82. The standard InChI is InChI=1S/C10H15NO4/c11-7-2-1-6(5-9(7)14)10(15)8(13)3-4-12/h1-2,5,8,10,12-15H,3-4,11H2. The smallest absolute Gasteiger partial charge is 0.138 e. The maximum absolute atomic E-state index is 9.62. The lowest BCUT2D eigenvalue weighted by Crippen LogP contribution is -2.19. The van der Waals surface area contributed by atoms with E-state index >= 15 is 0 Å². The minimum Gasteiger partial charge on any atom is -0.506 e. The highest BCUT2D eigenvalue weighted by molar-refractivity contribution is 5.53. The van der Waals surface area contributed by atoms with Crippen LogP contribution in [0.15, 0.2) is 18.2 Å². The van der Waals surface area contributed by atoms with Crippen molar-refractivity contribution in [3.05, 3.63) is 23.8 Å². The number of anilines is 1. The predicted molar refractivity (Wildman–Crippen MR) is 55.2 cm³/mol. The quantitative estimate of drug-likeness (QED) is 0.350. The average molecular weight is 213 g/mol. The summed E-state index contributed by atoms with van der Waals surface area (Å²) in [6.45, 7) is -0.209. The Kier molecular flexibility index (Phi) is 3.90. The molecule has 0 saturated carbocycles. The first-order chi connectivity index (χ1) is 7.06. The van der Waals surface area contributed by atoms with Gasteiger partial charge in [-0.3, -0.25) is 0 Å². The zero-order valence-corrected chi connectivity index (χ0v) is 8.17. The van der Waals surface area contributed by atoms with Crippen LogP contribution in [0.1, 0.15) is 18.1 Å². The molecule has 5 heteroatoms. The Labute approximate surface area is 87.4 Å². The van der Waals surface area contributed by atoms with E-state index in [1.54, 1.807) is 0 Å². The number of benzene rings is 1. The highest BCUT2D eigenvalue weighted by atomic mass is 16.3. The van der Waals surface area contributed by atoms with Gasteiger partial charge in [-0.1, -0.05) is 6.07 Å². The second-order valence-electron chi connectivity index (χ2n) is 3.34. The molecule has 0 aliphatic heterocycles. The molecule has 1 aromatic rings. The van der Waals surface area contributed by atoms with Crippen molar-refractivity contribution in [2.24, 2.45) is 0 Å². The normalized spacial score (nSPS) is 14.9. The van der Waals surface area contributed by atoms with E-state index in [9.17, 15) is 15.3 Å². The van der Waals surface area contributed by atoms with Crippen molar-refractivity contribution in [3.63, 3.8) is 0 Å². The fourth-order valence-electron chi connectivity index (χ4n) is 1.26. The molecule has 0 spiro atoms. The predicted octanol–water partition coefficient (Wildman–Crippen LogP) is -0.249. The van der Waals surface area contributed by atoms with Gasteiger partial charge >= 0.3 is 0 Å². The van der Waals surface area contributed by atoms with E-state index in [4.69, 9.17) is 10.8 Å². The summed E-state index contributed by atoms with van der Waals surface area (Å²) in [7, 11) is 0. The summed E-state index contributed by atoms with van der Waals surface area (Å²) in [4.78, 5) is 0. The van der Waals surface area contributed by atoms with Crippen LogP contribution in [0.2, 0.25) is 0 Å². The third-order valence-electron chi connectivity index (χ3n) is 2.19. The summed E-state index contributed by atoms with van der Waals surface area (Å²) in [5.41, 5.74) is 5.96. The molecule has 6 N–H and O–H groups in total. The van der Waals surface area contributed by atoms with Crippen LogP contribution in [0.5, 0.6) is 5.75 Å². The third-order valence-corrected chi connectivity index (χ3v) is 2.19. The van der Waals surface area contributed by atoms with E-state index in [-0.39, 0.29) is 24.5 Å². The number of nitrogen functional groups attached to an aromatic ring is 1. The van der Waals surface area contributed by atoms with Gasteiger partial charge in [0.25, 0.3) is 0 Å². The average Bonchev–Trinajstić information content (AvgIpc) is 2.21. The highest BCUT2D eigenvalue weighted by Crippen LogP contribution is 2.26. The molecular weight excluding hydrogens is 198 g/mol. The second-order valence-corrected chi connectivity index (χ2v) is 3.34. The summed E-state index contributed by atoms with van der Waals surface area (Å²) in [5.74, 6) is -0.136. The largest absolute Gasteiger partial charge is 0.506 e. The summed E-state index contributed by atoms with van der Waals surface area (Å²) in [6, 6.07) is 4.25. The van der Waals surface area contributed by atoms with Crippen molar-refractivity contribution in [3.8, 4) is 5.75 Å². The number of aromatic hydroxyl groups is 1. The SMILES string of the molecule is Nc1ccc(C(O)C(O)CCO)cc1O. The molecule has 0 saturated heterocycles. The molecule has 0 heterocycles. The molecular formula is C10H15NO4. The Morgan fingerprint density at radius 2 is 1.93 bits per heavy atom. The fourth-order valence-corrected chi connectivity index (χ4v) is 1.26. The van der Waals surface area contributed by atoms with Crippen LogP contribution >= 0.6 is 0 Å². The van der Waals surface area contributed by atoms with E-state index in [2.05, 4.69) is 0 Å². The van der Waals surface area contributed by atoms with Gasteiger partial charge in [-0.2, -0.15) is 0 Å². The number of phenols is 1. The molecule has 0 aromatic heterocycles. The molecule has 15 heavy (non-hydrogen) atoms. The first-order valence-electron chi connectivity index (χ1n) is 4.61. The molecule has 84 valence electrons. The maximum atomic E-state index is 9.62. The molecule has 2 unspecified atom stereocenters. The monoisotopic (exact) mass is 213 g/mol. The van der Waals surface area contributed by atoms with Crippen molar-refractivity contribution in [2.75, 3.05) is 12.3 Å². The van der Waals surface area contributed by atoms with Crippen LogP contribution in [-0.4, -0.2) is 33.1 Å². The van der Waals surface area contributed by atoms with Crippen molar-refractivity contribution < 1.29 is 20.4 Å². The zero-order chi connectivity index (χ0) is 11.4. The van der Waals surface area contributed by atoms with Gasteiger partial charge < -0.3 is 26.2 Å². The minimum atomic E-state index is -1.14. The summed E-state index contributed by atoms with van der Waals surface area (Å²) in [6.07, 6.45) is -2.12. The molecule has 0 aliphatic carbocycles. The highest BCUT2D eigenvalue weighted by Gasteiger charge is 2.18. The summed E-state index contributed by atoms with van der Waals surface area (Å²) < 4.78 is 0. The Morgan fingerprint density at radius 3 is 2.47 bits per heavy atom. The van der Waals surface area contributed by atoms with E-state index in [0.717, 1.165) is 0 Å². The Morgan fingerprint density at radius 1 is 1.27 bits per heavy atom.